The maximum absolute atomic E-state index is 12.0. The second-order valence-electron chi connectivity index (χ2n) is 5.98. The van der Waals surface area contributed by atoms with Crippen LogP contribution < -0.4 is 0 Å². The average molecular weight is 277 g/mol. The maximum Gasteiger partial charge on any atom is 0.273 e. The molecule has 0 amide bonds. The topological polar surface area (TPSA) is 43.4 Å². The van der Waals surface area contributed by atoms with Gasteiger partial charge < -0.3 is 4.43 Å². The Balaban J connectivity index is 2.34. The Kier molecular flexibility index (Phi) is 3.90. The molecule has 0 aromatic heterocycles. The molecule has 2 aliphatic rings. The molecular weight excluding hydrogens is 256 g/mol. The second kappa shape index (κ2) is 5.16. The Morgan fingerprint density at radius 1 is 1.58 bits per heavy atom. The smallest absolute Gasteiger partial charge is 0.273 e. The lowest BCUT2D eigenvalue weighted by molar-refractivity contribution is -0.132. The molecule has 0 heterocycles. The maximum atomic E-state index is 12.0. The van der Waals surface area contributed by atoms with Crippen LogP contribution in [0.3, 0.4) is 0 Å². The monoisotopic (exact) mass is 277 g/mol. The largest absolute Gasteiger partial charge is 0.545 e. The zero-order valence-electron chi connectivity index (χ0n) is 11.9. The quantitative estimate of drug-likeness (QED) is 0.585. The van der Waals surface area contributed by atoms with E-state index in [1.807, 2.05) is 0 Å². The Bertz CT molecular complexity index is 454. The lowest BCUT2D eigenvalue weighted by Crippen LogP contribution is -2.46. The van der Waals surface area contributed by atoms with Gasteiger partial charge >= 0.3 is 0 Å². The SMILES string of the molecule is C=[Si]OC1CCC2=CC(=O)C(C(C)=O)CC2(C)C1C. The molecule has 0 aliphatic heterocycles. The van der Waals surface area contributed by atoms with E-state index in [0.29, 0.717) is 12.3 Å². The van der Waals surface area contributed by atoms with Crippen LogP contribution in [0.1, 0.15) is 40.0 Å². The van der Waals surface area contributed by atoms with Crippen LogP contribution in [0.4, 0.5) is 0 Å². The van der Waals surface area contributed by atoms with Crippen molar-refractivity contribution in [2.45, 2.75) is 46.1 Å². The van der Waals surface area contributed by atoms with Crippen LogP contribution >= 0.6 is 0 Å². The first-order valence-corrected chi connectivity index (χ1v) is 7.94. The third-order valence-corrected chi connectivity index (χ3v) is 5.48. The summed E-state index contributed by atoms with van der Waals surface area (Å²) >= 11 is 0. The molecule has 1 radical (unpaired) electrons. The lowest BCUT2D eigenvalue weighted by atomic mass is 9.57. The predicted octanol–water partition coefficient (Wildman–Crippen LogP) is 1.96. The molecule has 4 atom stereocenters. The fraction of sp³-hybridized carbons (Fsp3) is 0.667. The molecule has 0 saturated heterocycles. The molecule has 19 heavy (non-hydrogen) atoms. The summed E-state index contributed by atoms with van der Waals surface area (Å²) in [5.41, 5.74) is 1.11. The van der Waals surface area contributed by atoms with E-state index in [9.17, 15) is 9.59 Å². The van der Waals surface area contributed by atoms with E-state index < -0.39 is 5.92 Å². The van der Waals surface area contributed by atoms with Gasteiger partial charge in [-0.3, -0.25) is 9.59 Å². The van der Waals surface area contributed by atoms with E-state index in [2.05, 4.69) is 20.0 Å². The number of hydrogen-bond acceptors (Lipinski definition) is 3. The number of carbonyl (C=O) groups is 2. The van der Waals surface area contributed by atoms with Gasteiger partial charge in [0.1, 0.15) is 5.78 Å². The zero-order valence-corrected chi connectivity index (χ0v) is 12.9. The first kappa shape index (κ1) is 14.4. The standard InChI is InChI=1S/C15H21O3Si/c1-9-14(18-19-4)6-5-11-7-13(17)12(10(2)16)8-15(9,11)3/h7,9,12,14H,4-6,8H2,1-3H3. The third-order valence-electron chi connectivity index (χ3n) is 5.01. The van der Waals surface area contributed by atoms with E-state index in [1.54, 1.807) is 6.08 Å². The molecular formula is C15H21O3Si. The van der Waals surface area contributed by atoms with E-state index in [4.69, 9.17) is 4.43 Å². The van der Waals surface area contributed by atoms with Crippen LogP contribution in [-0.2, 0) is 14.0 Å². The summed E-state index contributed by atoms with van der Waals surface area (Å²) < 4.78 is 5.75. The second-order valence-corrected chi connectivity index (χ2v) is 6.51. The number of ketones is 2. The highest BCUT2D eigenvalue weighted by molar-refractivity contribution is 6.33. The van der Waals surface area contributed by atoms with Crippen molar-refractivity contribution in [2.75, 3.05) is 0 Å². The number of rotatable bonds is 3. The summed E-state index contributed by atoms with van der Waals surface area (Å²) in [6, 6.07) is 0. The summed E-state index contributed by atoms with van der Waals surface area (Å²) in [6.45, 7) is 5.86. The van der Waals surface area contributed by atoms with Crippen molar-refractivity contribution in [3.8, 4) is 0 Å². The van der Waals surface area contributed by atoms with Crippen LogP contribution in [0.2, 0.25) is 0 Å². The summed E-state index contributed by atoms with van der Waals surface area (Å²) in [6.07, 6.45) is 8.18. The molecule has 4 heteroatoms. The highest BCUT2D eigenvalue weighted by Crippen LogP contribution is 2.52. The van der Waals surface area contributed by atoms with Gasteiger partial charge in [0.25, 0.3) is 9.38 Å². The summed E-state index contributed by atoms with van der Waals surface area (Å²) in [5.74, 6) is -0.171. The van der Waals surface area contributed by atoms with Gasteiger partial charge in [-0.1, -0.05) is 25.6 Å². The Morgan fingerprint density at radius 3 is 2.84 bits per heavy atom. The average Bonchev–Trinajstić information content (AvgIpc) is 2.35. The highest BCUT2D eigenvalue weighted by atomic mass is 28.2. The third kappa shape index (κ3) is 2.38. The Hall–Kier alpha value is -1.03. The number of Topliss-reactive ketones (excluding diaryl/α,β-unsaturated/α-hetero) is 1. The summed E-state index contributed by atoms with van der Waals surface area (Å²) in [7, 11) is 0.244. The van der Waals surface area contributed by atoms with Crippen molar-refractivity contribution >= 4 is 27.1 Å². The van der Waals surface area contributed by atoms with Gasteiger partial charge in [0.05, 0.1) is 12.0 Å². The number of hydrogen-bond donors (Lipinski definition) is 0. The van der Waals surface area contributed by atoms with Crippen molar-refractivity contribution < 1.29 is 14.0 Å². The van der Waals surface area contributed by atoms with Crippen molar-refractivity contribution in [2.24, 2.45) is 17.3 Å². The predicted molar refractivity (Wildman–Crippen MR) is 76.1 cm³/mol. The number of carbonyl (C=O) groups excluding carboxylic acids is 2. The zero-order chi connectivity index (χ0) is 14.2. The normalized spacial score (nSPS) is 38.2. The Morgan fingerprint density at radius 2 is 2.26 bits per heavy atom. The van der Waals surface area contributed by atoms with Crippen molar-refractivity contribution in [1.29, 1.82) is 0 Å². The van der Waals surface area contributed by atoms with Crippen LogP contribution in [0.15, 0.2) is 11.6 Å². The van der Waals surface area contributed by atoms with E-state index in [0.717, 1.165) is 12.8 Å². The molecule has 0 bridgehead atoms. The molecule has 103 valence electrons. The van der Waals surface area contributed by atoms with Crippen LogP contribution in [-0.4, -0.2) is 33.2 Å². The molecule has 3 nitrogen and oxygen atoms in total. The Labute approximate surface area is 117 Å². The minimum Gasteiger partial charge on any atom is -0.545 e. The summed E-state index contributed by atoms with van der Waals surface area (Å²) in [4.78, 5) is 23.7. The fourth-order valence-electron chi connectivity index (χ4n) is 3.50. The van der Waals surface area contributed by atoms with E-state index >= 15 is 0 Å². The van der Waals surface area contributed by atoms with Crippen molar-refractivity contribution in [3.63, 3.8) is 0 Å². The molecule has 0 aromatic rings. The molecule has 2 aliphatic carbocycles. The molecule has 4 unspecified atom stereocenters. The van der Waals surface area contributed by atoms with Crippen LogP contribution in [0.25, 0.3) is 0 Å². The highest BCUT2D eigenvalue weighted by Gasteiger charge is 2.48. The molecule has 0 aromatic carbocycles. The van der Waals surface area contributed by atoms with Gasteiger partial charge in [0.2, 0.25) is 0 Å². The van der Waals surface area contributed by atoms with Crippen LogP contribution in [0, 0.1) is 17.3 Å². The van der Waals surface area contributed by atoms with E-state index in [-0.39, 0.29) is 32.5 Å². The van der Waals surface area contributed by atoms with Gasteiger partial charge in [-0.15, -0.1) is 0 Å². The van der Waals surface area contributed by atoms with Gasteiger partial charge in [-0.25, -0.2) is 0 Å². The molecule has 1 fully saturated rings. The molecule has 0 spiro atoms. The first-order chi connectivity index (χ1) is 8.90. The van der Waals surface area contributed by atoms with Gasteiger partial charge in [-0.05, 0) is 37.7 Å². The first-order valence-electron chi connectivity index (χ1n) is 6.83. The van der Waals surface area contributed by atoms with Crippen molar-refractivity contribution in [3.05, 3.63) is 11.6 Å². The van der Waals surface area contributed by atoms with Crippen molar-refractivity contribution in [1.82, 2.24) is 0 Å². The fourth-order valence-corrected chi connectivity index (χ4v) is 4.04. The van der Waals surface area contributed by atoms with Crippen LogP contribution in [0.5, 0.6) is 0 Å². The van der Waals surface area contributed by atoms with Gasteiger partial charge in [-0.2, -0.15) is 0 Å². The lowest BCUT2D eigenvalue weighted by Gasteiger charge is -2.49. The number of fused-ring (bicyclic) bond motifs is 1. The minimum absolute atomic E-state index is 0.00873. The number of allylic oxidation sites excluding steroid dienone is 2. The molecule has 2 rings (SSSR count). The summed E-state index contributed by atoms with van der Waals surface area (Å²) in [5, 5.41) is 0. The minimum atomic E-state index is -0.461. The molecule has 1 saturated carbocycles. The van der Waals surface area contributed by atoms with E-state index in [1.165, 1.54) is 12.5 Å². The van der Waals surface area contributed by atoms with Gasteiger partial charge in [0, 0.05) is 5.92 Å². The van der Waals surface area contributed by atoms with Gasteiger partial charge in [0.15, 0.2) is 5.78 Å². The molecule has 0 N–H and O–H groups in total.